The molecule has 10 heteroatoms. The number of non-ortho nitro benzene ring substituents is 1. The highest BCUT2D eigenvalue weighted by atomic mass is 35.5. The molecule has 120 valence electrons. The Morgan fingerprint density at radius 1 is 1.30 bits per heavy atom. The van der Waals surface area contributed by atoms with E-state index in [0.717, 1.165) is 13.2 Å². The Bertz CT molecular complexity index is 826. The number of anilines is 2. The minimum Gasteiger partial charge on any atom is -0.464 e. The number of aromatic nitrogens is 1. The fourth-order valence-corrected chi connectivity index (χ4v) is 2.23. The van der Waals surface area contributed by atoms with Gasteiger partial charge in [0.05, 0.1) is 39.1 Å². The fourth-order valence-electron chi connectivity index (χ4n) is 1.84. The van der Waals surface area contributed by atoms with E-state index >= 15 is 0 Å². The molecule has 0 aliphatic carbocycles. The third-order valence-electron chi connectivity index (χ3n) is 2.97. The lowest BCUT2D eigenvalue weighted by molar-refractivity contribution is -0.384. The number of halogens is 2. The number of hydrogen-bond donors (Lipinski definition) is 2. The zero-order chi connectivity index (χ0) is 17.3. The Balaban J connectivity index is 2.74. The second-order valence-electron chi connectivity index (χ2n) is 4.40. The highest BCUT2D eigenvalue weighted by Gasteiger charge is 2.21. The standard InChI is InChI=1S/C13H10Cl2N4O4/c1-23-13(20)12-10(15)8(16)4-9(18-12)6-2-5(19(21)22)3-7(14)11(6)17/h2-4H,17H2,1H3,(H2,16,18). The lowest BCUT2D eigenvalue weighted by Crippen LogP contribution is -2.08. The van der Waals surface area contributed by atoms with E-state index in [9.17, 15) is 14.9 Å². The van der Waals surface area contributed by atoms with Crippen LogP contribution in [0.15, 0.2) is 18.2 Å². The summed E-state index contributed by atoms with van der Waals surface area (Å²) in [4.78, 5) is 26.1. The second-order valence-corrected chi connectivity index (χ2v) is 5.18. The average Bonchev–Trinajstić information content (AvgIpc) is 2.51. The Kier molecular flexibility index (Phi) is 4.57. The number of ether oxygens (including phenoxy) is 1. The van der Waals surface area contributed by atoms with Gasteiger partial charge in [0.1, 0.15) is 0 Å². The first-order valence-electron chi connectivity index (χ1n) is 6.04. The number of carbonyl (C=O) groups is 1. The maximum atomic E-state index is 11.7. The van der Waals surface area contributed by atoms with Crippen molar-refractivity contribution in [3.63, 3.8) is 0 Å². The van der Waals surface area contributed by atoms with E-state index in [-0.39, 0.29) is 44.1 Å². The molecule has 4 N–H and O–H groups in total. The Labute approximate surface area is 140 Å². The summed E-state index contributed by atoms with van der Waals surface area (Å²) in [6.45, 7) is 0. The fraction of sp³-hybridized carbons (Fsp3) is 0.0769. The summed E-state index contributed by atoms with van der Waals surface area (Å²) >= 11 is 11.8. The Hall–Kier alpha value is -2.58. The number of nitro groups is 1. The molecule has 0 unspecified atom stereocenters. The number of rotatable bonds is 3. The number of nitrogens with zero attached hydrogens (tertiary/aromatic N) is 2. The summed E-state index contributed by atoms with van der Waals surface area (Å²) in [5.74, 6) is -0.807. The summed E-state index contributed by atoms with van der Waals surface area (Å²) in [5.41, 5.74) is 11.4. The van der Waals surface area contributed by atoms with Crippen molar-refractivity contribution in [2.45, 2.75) is 0 Å². The minimum absolute atomic E-state index is 0.0239. The zero-order valence-corrected chi connectivity index (χ0v) is 13.2. The van der Waals surface area contributed by atoms with Crippen molar-refractivity contribution in [2.75, 3.05) is 18.6 Å². The van der Waals surface area contributed by atoms with Gasteiger partial charge in [0, 0.05) is 17.7 Å². The van der Waals surface area contributed by atoms with Crippen molar-refractivity contribution in [3.05, 3.63) is 44.1 Å². The second kappa shape index (κ2) is 6.27. The average molecular weight is 357 g/mol. The summed E-state index contributed by atoms with van der Waals surface area (Å²) in [6, 6.07) is 3.62. The lowest BCUT2D eigenvalue weighted by Gasteiger charge is -2.11. The number of esters is 1. The van der Waals surface area contributed by atoms with E-state index in [2.05, 4.69) is 9.72 Å². The number of carbonyl (C=O) groups excluding carboxylic acids is 1. The van der Waals surface area contributed by atoms with Gasteiger partial charge >= 0.3 is 5.97 Å². The van der Waals surface area contributed by atoms with E-state index in [0.29, 0.717) is 0 Å². The normalized spacial score (nSPS) is 10.4. The van der Waals surface area contributed by atoms with Gasteiger partial charge in [0.25, 0.3) is 5.69 Å². The number of nitro benzene ring substituents is 1. The summed E-state index contributed by atoms with van der Waals surface area (Å²) in [6.07, 6.45) is 0. The molecule has 0 saturated carbocycles. The van der Waals surface area contributed by atoms with Gasteiger partial charge in [-0.15, -0.1) is 0 Å². The van der Waals surface area contributed by atoms with Crippen molar-refractivity contribution in [1.29, 1.82) is 0 Å². The van der Waals surface area contributed by atoms with E-state index in [1.807, 2.05) is 0 Å². The number of methoxy groups -OCH3 is 1. The van der Waals surface area contributed by atoms with Crippen molar-refractivity contribution < 1.29 is 14.5 Å². The lowest BCUT2D eigenvalue weighted by atomic mass is 10.1. The minimum atomic E-state index is -0.807. The van der Waals surface area contributed by atoms with Crippen LogP contribution in [0.1, 0.15) is 10.5 Å². The topological polar surface area (TPSA) is 134 Å². The van der Waals surface area contributed by atoms with E-state index in [1.54, 1.807) is 0 Å². The summed E-state index contributed by atoms with van der Waals surface area (Å²) in [7, 11) is 1.15. The molecule has 23 heavy (non-hydrogen) atoms. The molecule has 0 bridgehead atoms. The predicted molar refractivity (Wildman–Crippen MR) is 86.5 cm³/mol. The highest BCUT2D eigenvalue weighted by Crippen LogP contribution is 2.37. The molecule has 1 aromatic carbocycles. The van der Waals surface area contributed by atoms with Crippen LogP contribution in [0.4, 0.5) is 17.1 Å². The van der Waals surface area contributed by atoms with Crippen LogP contribution < -0.4 is 11.5 Å². The van der Waals surface area contributed by atoms with Gasteiger partial charge in [0.2, 0.25) is 0 Å². The van der Waals surface area contributed by atoms with Crippen LogP contribution in [-0.4, -0.2) is 23.0 Å². The molecule has 0 fully saturated rings. The van der Waals surface area contributed by atoms with Crippen LogP contribution in [0.3, 0.4) is 0 Å². The van der Waals surface area contributed by atoms with Crippen LogP contribution in [0.25, 0.3) is 11.3 Å². The zero-order valence-electron chi connectivity index (χ0n) is 11.7. The molecule has 0 atom stereocenters. The van der Waals surface area contributed by atoms with Gasteiger partial charge < -0.3 is 16.2 Å². The van der Waals surface area contributed by atoms with Crippen molar-refractivity contribution in [1.82, 2.24) is 4.98 Å². The smallest absolute Gasteiger partial charge is 0.358 e. The molecule has 0 saturated heterocycles. The van der Waals surface area contributed by atoms with Gasteiger partial charge in [0.15, 0.2) is 5.69 Å². The molecule has 8 nitrogen and oxygen atoms in total. The van der Waals surface area contributed by atoms with Gasteiger partial charge in [-0.3, -0.25) is 10.1 Å². The highest BCUT2D eigenvalue weighted by molar-refractivity contribution is 6.36. The molecule has 0 radical (unpaired) electrons. The molecule has 1 aromatic heterocycles. The van der Waals surface area contributed by atoms with Crippen LogP contribution in [0, 0.1) is 10.1 Å². The van der Waals surface area contributed by atoms with Crippen LogP contribution in [0.5, 0.6) is 0 Å². The number of nitrogen functional groups attached to an aromatic ring is 2. The molecule has 0 aliphatic heterocycles. The van der Waals surface area contributed by atoms with Crippen LogP contribution in [-0.2, 0) is 4.74 Å². The Morgan fingerprint density at radius 3 is 2.52 bits per heavy atom. The quantitative estimate of drug-likeness (QED) is 0.373. The van der Waals surface area contributed by atoms with E-state index in [1.165, 1.54) is 12.1 Å². The third-order valence-corrected chi connectivity index (χ3v) is 3.68. The number of nitrogens with two attached hydrogens (primary N) is 2. The molecule has 2 aromatic rings. The van der Waals surface area contributed by atoms with Crippen LogP contribution in [0.2, 0.25) is 10.0 Å². The van der Waals surface area contributed by atoms with Crippen molar-refractivity contribution >= 4 is 46.2 Å². The number of pyridine rings is 1. The monoisotopic (exact) mass is 356 g/mol. The first kappa shape index (κ1) is 16.8. The third kappa shape index (κ3) is 3.13. The van der Waals surface area contributed by atoms with Crippen LogP contribution >= 0.6 is 23.2 Å². The first-order valence-corrected chi connectivity index (χ1v) is 6.80. The molecule has 0 aliphatic rings. The molecule has 0 spiro atoms. The first-order chi connectivity index (χ1) is 10.8. The molecular weight excluding hydrogens is 347 g/mol. The number of hydrogen-bond acceptors (Lipinski definition) is 7. The largest absolute Gasteiger partial charge is 0.464 e. The van der Waals surface area contributed by atoms with Crippen molar-refractivity contribution in [2.24, 2.45) is 0 Å². The van der Waals surface area contributed by atoms with Gasteiger partial charge in [-0.05, 0) is 6.07 Å². The van der Waals surface area contributed by atoms with Gasteiger partial charge in [-0.1, -0.05) is 23.2 Å². The molecule has 1 heterocycles. The summed E-state index contributed by atoms with van der Waals surface area (Å²) < 4.78 is 4.57. The molecule has 2 rings (SSSR count). The molecule has 0 amide bonds. The van der Waals surface area contributed by atoms with Gasteiger partial charge in [-0.25, -0.2) is 9.78 Å². The maximum absolute atomic E-state index is 11.7. The summed E-state index contributed by atoms with van der Waals surface area (Å²) in [5, 5.41) is 10.8. The molecular formula is C13H10Cl2N4O4. The maximum Gasteiger partial charge on any atom is 0.358 e. The van der Waals surface area contributed by atoms with Crippen molar-refractivity contribution in [3.8, 4) is 11.3 Å². The number of benzene rings is 1. The van der Waals surface area contributed by atoms with Gasteiger partial charge in [-0.2, -0.15) is 0 Å². The SMILES string of the molecule is COC(=O)c1nc(-c2cc([N+](=O)[O-])cc(Cl)c2N)cc(N)c1Cl. The Morgan fingerprint density at radius 2 is 1.96 bits per heavy atom. The predicted octanol–water partition coefficient (Wildman–Crippen LogP) is 2.91. The van der Waals surface area contributed by atoms with E-state index in [4.69, 9.17) is 34.7 Å². The van der Waals surface area contributed by atoms with E-state index < -0.39 is 10.9 Å².